The van der Waals surface area contributed by atoms with Crippen molar-refractivity contribution < 1.29 is 18.0 Å². The van der Waals surface area contributed by atoms with E-state index >= 15 is 0 Å². The Bertz CT molecular complexity index is 964. The molecule has 1 aromatic heterocycles. The largest absolute Gasteiger partial charge is 0.417 e. The fourth-order valence-corrected chi connectivity index (χ4v) is 4.82. The lowest BCUT2D eigenvalue weighted by atomic mass is 10.0. The van der Waals surface area contributed by atoms with Crippen LogP contribution in [-0.4, -0.2) is 72.5 Å². The first kappa shape index (κ1) is 25.3. The van der Waals surface area contributed by atoms with Gasteiger partial charge in [-0.2, -0.15) is 13.2 Å². The number of anilines is 2. The zero-order valence-electron chi connectivity index (χ0n) is 20.4. The Morgan fingerprint density at radius 2 is 1.69 bits per heavy atom. The molecule has 1 unspecified atom stereocenters. The predicted octanol–water partition coefficient (Wildman–Crippen LogP) is 4.27. The zero-order valence-corrected chi connectivity index (χ0v) is 20.4. The first-order valence-corrected chi connectivity index (χ1v) is 12.3. The van der Waals surface area contributed by atoms with E-state index in [0.29, 0.717) is 18.9 Å². The number of carbonyl (C=O) groups is 1. The molecule has 2 fully saturated rings. The number of piperazine rings is 1. The van der Waals surface area contributed by atoms with Crippen LogP contribution in [0.5, 0.6) is 0 Å². The third-order valence-electron chi connectivity index (χ3n) is 6.97. The molecular weight excluding hydrogens is 455 g/mol. The highest BCUT2D eigenvalue weighted by atomic mass is 19.4. The molecule has 1 atom stereocenters. The molecule has 35 heavy (non-hydrogen) atoms. The summed E-state index contributed by atoms with van der Waals surface area (Å²) in [4.78, 5) is 23.6. The van der Waals surface area contributed by atoms with Gasteiger partial charge in [-0.05, 0) is 44.0 Å². The Labute approximate surface area is 205 Å². The number of alkyl halides is 3. The van der Waals surface area contributed by atoms with Crippen molar-refractivity contribution in [1.82, 2.24) is 14.8 Å². The van der Waals surface area contributed by atoms with Gasteiger partial charge in [0.05, 0.1) is 5.56 Å². The van der Waals surface area contributed by atoms with Crippen molar-refractivity contribution in [2.24, 2.45) is 5.92 Å². The second-order valence-electron chi connectivity index (χ2n) is 9.70. The van der Waals surface area contributed by atoms with Crippen LogP contribution >= 0.6 is 0 Å². The second kappa shape index (κ2) is 10.8. The molecule has 0 aliphatic carbocycles. The van der Waals surface area contributed by atoms with E-state index in [4.69, 9.17) is 0 Å². The number of nitrogens with one attached hydrogen (secondary N) is 1. The molecule has 2 aromatic rings. The van der Waals surface area contributed by atoms with Gasteiger partial charge in [0.15, 0.2) is 0 Å². The topological polar surface area (TPSA) is 51.7 Å². The van der Waals surface area contributed by atoms with E-state index in [1.54, 1.807) is 0 Å². The van der Waals surface area contributed by atoms with Crippen molar-refractivity contribution in [2.75, 3.05) is 56.0 Å². The molecule has 3 heterocycles. The summed E-state index contributed by atoms with van der Waals surface area (Å²) in [5, 5.41) is 3.21. The van der Waals surface area contributed by atoms with Gasteiger partial charge in [-0.3, -0.25) is 9.69 Å². The quantitative estimate of drug-likeness (QED) is 0.657. The fraction of sp³-hybridized carbons (Fsp3) is 0.538. The van der Waals surface area contributed by atoms with E-state index in [1.807, 2.05) is 11.8 Å². The van der Waals surface area contributed by atoms with Crippen molar-refractivity contribution in [2.45, 2.75) is 38.9 Å². The lowest BCUT2D eigenvalue weighted by Crippen LogP contribution is -2.50. The molecule has 1 N–H and O–H groups in total. The molecule has 9 heteroatoms. The number of carbonyl (C=O) groups excluding carboxylic acids is 1. The van der Waals surface area contributed by atoms with Gasteiger partial charge in [-0.25, -0.2) is 4.98 Å². The molecule has 0 radical (unpaired) electrons. The minimum absolute atomic E-state index is 0.0676. The minimum Gasteiger partial charge on any atom is -0.369 e. The monoisotopic (exact) mass is 489 g/mol. The number of aromatic nitrogens is 1. The summed E-state index contributed by atoms with van der Waals surface area (Å²) in [7, 11) is 0. The van der Waals surface area contributed by atoms with Gasteiger partial charge in [0, 0.05) is 69.7 Å². The Kier molecular flexibility index (Phi) is 7.84. The van der Waals surface area contributed by atoms with E-state index in [2.05, 4.69) is 51.3 Å². The van der Waals surface area contributed by atoms with Crippen LogP contribution in [0.4, 0.5) is 24.7 Å². The zero-order chi connectivity index (χ0) is 25.0. The number of aryl methyl sites for hydroxylation is 1. The molecule has 6 nitrogen and oxygen atoms in total. The summed E-state index contributed by atoms with van der Waals surface area (Å²) in [6, 6.07) is 11.1. The number of benzene rings is 1. The fourth-order valence-electron chi connectivity index (χ4n) is 4.82. The second-order valence-corrected chi connectivity index (χ2v) is 9.70. The van der Waals surface area contributed by atoms with Crippen molar-refractivity contribution in [3.63, 3.8) is 0 Å². The number of amides is 1. The van der Waals surface area contributed by atoms with Crippen LogP contribution in [0.2, 0.25) is 0 Å². The first-order chi connectivity index (χ1) is 16.7. The van der Waals surface area contributed by atoms with Crippen molar-refractivity contribution in [3.8, 4) is 0 Å². The van der Waals surface area contributed by atoms with Crippen molar-refractivity contribution >= 4 is 17.4 Å². The Balaban J connectivity index is 1.19. The normalized spacial score (nSPS) is 19.0. The van der Waals surface area contributed by atoms with Gasteiger partial charge < -0.3 is 15.1 Å². The van der Waals surface area contributed by atoms with Gasteiger partial charge in [0.1, 0.15) is 5.82 Å². The molecule has 1 amide bonds. The van der Waals surface area contributed by atoms with E-state index in [1.165, 1.54) is 17.3 Å². The van der Waals surface area contributed by atoms with Crippen LogP contribution in [0.3, 0.4) is 0 Å². The molecule has 1 aromatic carbocycles. The lowest BCUT2D eigenvalue weighted by Gasteiger charge is -2.38. The molecule has 0 spiro atoms. The summed E-state index contributed by atoms with van der Waals surface area (Å²) < 4.78 is 38.1. The van der Waals surface area contributed by atoms with Crippen LogP contribution in [-0.2, 0) is 11.0 Å². The van der Waals surface area contributed by atoms with E-state index < -0.39 is 11.7 Å². The van der Waals surface area contributed by atoms with E-state index in [0.717, 1.165) is 57.8 Å². The van der Waals surface area contributed by atoms with Gasteiger partial charge in [0.2, 0.25) is 5.91 Å². The Hall–Kier alpha value is -2.81. The highest BCUT2D eigenvalue weighted by Gasteiger charge is 2.31. The summed E-state index contributed by atoms with van der Waals surface area (Å²) in [5.41, 5.74) is 1.76. The maximum Gasteiger partial charge on any atom is 0.417 e. The number of pyridine rings is 1. The standard InChI is InChI=1S/C26H34F3N5O/c1-19-3-6-23(7-4-19)33-15-13-32(14-16-33)18-20(2)25(35)34-11-9-22(10-12-34)31-24-8-5-21(17-30-24)26(27,28)29/h3-8,17,20,22H,9-16,18H2,1-2H3,(H,30,31). The molecule has 0 saturated carbocycles. The van der Waals surface area contributed by atoms with Crippen LogP contribution in [0, 0.1) is 12.8 Å². The van der Waals surface area contributed by atoms with Crippen LogP contribution in [0.15, 0.2) is 42.6 Å². The minimum atomic E-state index is -4.39. The average molecular weight is 490 g/mol. The maximum atomic E-state index is 13.0. The SMILES string of the molecule is Cc1ccc(N2CCN(CC(C)C(=O)N3CCC(Nc4ccc(C(F)(F)F)cn4)CC3)CC2)cc1. The number of hydrogen-bond donors (Lipinski definition) is 1. The van der Waals surface area contributed by atoms with E-state index in [-0.39, 0.29) is 17.9 Å². The number of nitrogens with zero attached hydrogens (tertiary/aromatic N) is 4. The lowest BCUT2D eigenvalue weighted by molar-refractivity contribution is -0.138. The van der Waals surface area contributed by atoms with Crippen molar-refractivity contribution in [1.29, 1.82) is 0 Å². The smallest absolute Gasteiger partial charge is 0.369 e. The molecule has 2 aliphatic heterocycles. The molecular formula is C26H34F3N5O. The highest BCUT2D eigenvalue weighted by Crippen LogP contribution is 2.29. The van der Waals surface area contributed by atoms with Gasteiger partial charge in [-0.1, -0.05) is 24.6 Å². The number of halogens is 3. The summed E-state index contributed by atoms with van der Waals surface area (Å²) in [6.45, 7) is 9.94. The van der Waals surface area contributed by atoms with Gasteiger partial charge in [0.25, 0.3) is 0 Å². The molecule has 2 saturated heterocycles. The van der Waals surface area contributed by atoms with Gasteiger partial charge in [-0.15, -0.1) is 0 Å². The molecule has 190 valence electrons. The number of hydrogen-bond acceptors (Lipinski definition) is 5. The van der Waals surface area contributed by atoms with Crippen LogP contribution < -0.4 is 10.2 Å². The molecule has 0 bridgehead atoms. The summed E-state index contributed by atoms with van der Waals surface area (Å²) in [5.74, 6) is 0.542. The first-order valence-electron chi connectivity index (χ1n) is 12.3. The number of likely N-dealkylation sites (tertiary alicyclic amines) is 1. The number of piperidine rings is 1. The van der Waals surface area contributed by atoms with Gasteiger partial charge >= 0.3 is 6.18 Å². The Morgan fingerprint density at radius 3 is 2.26 bits per heavy atom. The molecule has 4 rings (SSSR count). The summed E-state index contributed by atoms with van der Waals surface area (Å²) in [6.07, 6.45) is -2.04. The third kappa shape index (κ3) is 6.66. The maximum absolute atomic E-state index is 13.0. The number of rotatable bonds is 6. The Morgan fingerprint density at radius 1 is 1.03 bits per heavy atom. The predicted molar refractivity (Wildman–Crippen MR) is 131 cm³/mol. The molecule has 2 aliphatic rings. The van der Waals surface area contributed by atoms with Crippen LogP contribution in [0.25, 0.3) is 0 Å². The van der Waals surface area contributed by atoms with E-state index in [9.17, 15) is 18.0 Å². The average Bonchev–Trinajstić information content (AvgIpc) is 2.85. The highest BCUT2D eigenvalue weighted by molar-refractivity contribution is 5.78. The summed E-state index contributed by atoms with van der Waals surface area (Å²) >= 11 is 0. The van der Waals surface area contributed by atoms with Crippen LogP contribution in [0.1, 0.15) is 30.9 Å². The van der Waals surface area contributed by atoms with Crippen molar-refractivity contribution in [3.05, 3.63) is 53.7 Å². The third-order valence-corrected chi connectivity index (χ3v) is 6.97.